The van der Waals surface area contributed by atoms with Gasteiger partial charge in [-0.2, -0.15) is 0 Å². The Kier molecular flexibility index (Phi) is 4.85. The van der Waals surface area contributed by atoms with Gasteiger partial charge in [-0.25, -0.2) is 18.4 Å². The third-order valence-electron chi connectivity index (χ3n) is 2.45. The number of carbonyl (C=O) groups excluding carboxylic acids is 1. The summed E-state index contributed by atoms with van der Waals surface area (Å²) in [5.74, 6) is -0.384. The van der Waals surface area contributed by atoms with Crippen LogP contribution < -0.4 is 9.88 Å². The molecule has 0 aliphatic carbocycles. The maximum Gasteiger partial charge on any atom is 0.338 e. The Balaban J connectivity index is 3.32. The van der Waals surface area contributed by atoms with Crippen LogP contribution in [-0.2, 0) is 21.2 Å². The normalized spacial score (nSPS) is 11.1. The highest BCUT2D eigenvalue weighted by Gasteiger charge is 2.19. The molecule has 0 aromatic heterocycles. The van der Waals surface area contributed by atoms with Crippen LogP contribution in [0.5, 0.6) is 5.75 Å². The minimum atomic E-state index is -3.85. The van der Waals surface area contributed by atoms with Crippen LogP contribution in [0.2, 0.25) is 0 Å². The first-order valence-electron chi connectivity index (χ1n) is 5.79. The van der Waals surface area contributed by atoms with Crippen LogP contribution in [0.1, 0.15) is 25.8 Å². The van der Waals surface area contributed by atoms with Crippen molar-refractivity contribution in [1.29, 1.82) is 0 Å². The smallest absolute Gasteiger partial charge is 0.338 e. The maximum atomic E-state index is 11.5. The highest BCUT2D eigenvalue weighted by atomic mass is 32.2. The van der Waals surface area contributed by atoms with Gasteiger partial charge in [-0.3, -0.25) is 0 Å². The third kappa shape index (κ3) is 3.90. The minimum absolute atomic E-state index is 0.0126. The average molecular weight is 283 g/mol. The molecule has 0 amide bonds. The largest absolute Gasteiger partial charge is 0.423 e. The van der Waals surface area contributed by atoms with E-state index in [-0.39, 0.29) is 16.2 Å². The number of nitrogens with two attached hydrogens (primary N) is 1. The van der Waals surface area contributed by atoms with E-state index in [1.54, 1.807) is 6.07 Å². The molecule has 19 heavy (non-hydrogen) atoms. The van der Waals surface area contributed by atoms with Crippen molar-refractivity contribution in [2.75, 3.05) is 0 Å². The number of benzene rings is 1. The van der Waals surface area contributed by atoms with E-state index < -0.39 is 16.0 Å². The second-order valence-electron chi connectivity index (χ2n) is 4.20. The number of carbonyl (C=O) groups is 1. The van der Waals surface area contributed by atoms with E-state index in [9.17, 15) is 13.2 Å². The summed E-state index contributed by atoms with van der Waals surface area (Å²) in [5, 5.41) is 5.16. The topological polar surface area (TPSA) is 86.5 Å². The summed E-state index contributed by atoms with van der Waals surface area (Å²) in [4.78, 5) is 11.5. The Morgan fingerprint density at radius 2 is 2.05 bits per heavy atom. The second-order valence-corrected chi connectivity index (χ2v) is 5.73. The molecule has 5 nitrogen and oxygen atoms in total. The number of esters is 1. The van der Waals surface area contributed by atoms with E-state index in [2.05, 4.69) is 6.58 Å². The van der Waals surface area contributed by atoms with Gasteiger partial charge in [0.25, 0.3) is 0 Å². The summed E-state index contributed by atoms with van der Waals surface area (Å²) in [6, 6.07) is 4.43. The standard InChI is InChI=1S/C13H17NO4S/c1-4-6-10-11(18-13(15)9(2)3)7-5-8-12(10)19(14,16)17/h5,7-8H,2,4,6H2,1,3H3,(H2,14,16,17). The zero-order valence-electron chi connectivity index (χ0n) is 11.0. The molecular formula is C13H17NO4S. The van der Waals surface area contributed by atoms with Gasteiger partial charge in [0.05, 0.1) is 4.90 Å². The lowest BCUT2D eigenvalue weighted by atomic mass is 10.1. The van der Waals surface area contributed by atoms with E-state index in [0.29, 0.717) is 18.4 Å². The van der Waals surface area contributed by atoms with E-state index >= 15 is 0 Å². The van der Waals surface area contributed by atoms with Gasteiger partial charge in [0.1, 0.15) is 5.75 Å². The summed E-state index contributed by atoms with van der Waals surface area (Å²) in [6.45, 7) is 6.89. The average Bonchev–Trinajstić information content (AvgIpc) is 2.29. The first kappa shape index (κ1) is 15.4. The van der Waals surface area contributed by atoms with Gasteiger partial charge in [0.2, 0.25) is 10.0 Å². The fourth-order valence-electron chi connectivity index (χ4n) is 1.59. The van der Waals surface area contributed by atoms with Crippen molar-refractivity contribution in [2.24, 2.45) is 5.14 Å². The molecule has 0 heterocycles. The first-order valence-corrected chi connectivity index (χ1v) is 7.34. The lowest BCUT2D eigenvalue weighted by Gasteiger charge is -2.12. The Bertz CT molecular complexity index is 605. The zero-order chi connectivity index (χ0) is 14.6. The number of hydrogen-bond donors (Lipinski definition) is 1. The fraction of sp³-hybridized carbons (Fsp3) is 0.308. The summed E-state index contributed by atoms with van der Waals surface area (Å²) < 4.78 is 28.2. The van der Waals surface area contributed by atoms with Crippen molar-refractivity contribution in [1.82, 2.24) is 0 Å². The van der Waals surface area contributed by atoms with E-state index in [1.165, 1.54) is 19.1 Å². The van der Waals surface area contributed by atoms with Gasteiger partial charge in [-0.1, -0.05) is 26.0 Å². The molecule has 104 valence electrons. The van der Waals surface area contributed by atoms with Crippen LogP contribution in [0.15, 0.2) is 35.2 Å². The van der Waals surface area contributed by atoms with Gasteiger partial charge in [0, 0.05) is 11.1 Å². The summed E-state index contributed by atoms with van der Waals surface area (Å²) >= 11 is 0. The van der Waals surface area contributed by atoms with Crippen molar-refractivity contribution in [2.45, 2.75) is 31.6 Å². The van der Waals surface area contributed by atoms with Crippen LogP contribution in [0, 0.1) is 0 Å². The molecule has 2 N–H and O–H groups in total. The SMILES string of the molecule is C=C(C)C(=O)Oc1cccc(S(N)(=O)=O)c1CCC. The molecule has 0 atom stereocenters. The van der Waals surface area contributed by atoms with Gasteiger partial charge in [-0.15, -0.1) is 0 Å². The molecular weight excluding hydrogens is 266 g/mol. The highest BCUT2D eigenvalue weighted by molar-refractivity contribution is 7.89. The van der Waals surface area contributed by atoms with E-state index in [0.717, 1.165) is 0 Å². The number of ether oxygens (including phenoxy) is 1. The lowest BCUT2D eigenvalue weighted by Crippen LogP contribution is -2.16. The Morgan fingerprint density at radius 1 is 1.42 bits per heavy atom. The molecule has 0 radical (unpaired) electrons. The first-order chi connectivity index (χ1) is 8.77. The molecule has 0 spiro atoms. The summed E-state index contributed by atoms with van der Waals surface area (Å²) in [6.07, 6.45) is 1.15. The highest BCUT2D eigenvalue weighted by Crippen LogP contribution is 2.27. The van der Waals surface area contributed by atoms with E-state index in [1.807, 2.05) is 6.92 Å². The van der Waals surface area contributed by atoms with E-state index in [4.69, 9.17) is 9.88 Å². The molecule has 0 aliphatic heterocycles. The molecule has 0 bridgehead atoms. The van der Waals surface area contributed by atoms with Crippen LogP contribution in [0.25, 0.3) is 0 Å². The van der Waals surface area contributed by atoms with Crippen LogP contribution in [0.3, 0.4) is 0 Å². The zero-order valence-corrected chi connectivity index (χ0v) is 11.8. The molecule has 0 saturated heterocycles. The predicted octanol–water partition coefficient (Wildman–Crippen LogP) is 1.77. The van der Waals surface area contributed by atoms with Crippen molar-refractivity contribution in [3.8, 4) is 5.75 Å². The van der Waals surface area contributed by atoms with Gasteiger partial charge >= 0.3 is 5.97 Å². The molecule has 0 saturated carbocycles. The monoisotopic (exact) mass is 283 g/mol. The number of primary sulfonamides is 1. The summed E-state index contributed by atoms with van der Waals surface area (Å²) in [5.41, 5.74) is 0.658. The van der Waals surface area contributed by atoms with Crippen molar-refractivity contribution >= 4 is 16.0 Å². The molecule has 6 heteroatoms. The molecule has 1 aromatic carbocycles. The molecule has 1 aromatic rings. The van der Waals surface area contributed by atoms with Gasteiger partial charge in [0.15, 0.2) is 0 Å². The second kappa shape index (κ2) is 5.99. The number of hydrogen-bond acceptors (Lipinski definition) is 4. The van der Waals surface area contributed by atoms with Crippen molar-refractivity contribution < 1.29 is 17.9 Å². The van der Waals surface area contributed by atoms with Gasteiger partial charge in [-0.05, 0) is 25.5 Å². The van der Waals surface area contributed by atoms with Crippen molar-refractivity contribution in [3.05, 3.63) is 35.9 Å². The van der Waals surface area contributed by atoms with Crippen LogP contribution in [0.4, 0.5) is 0 Å². The molecule has 1 rings (SSSR count). The summed E-state index contributed by atoms with van der Waals surface area (Å²) in [7, 11) is -3.85. The number of rotatable bonds is 5. The molecule has 0 aliphatic rings. The predicted molar refractivity (Wildman–Crippen MR) is 72.3 cm³/mol. The minimum Gasteiger partial charge on any atom is -0.423 e. The Morgan fingerprint density at radius 3 is 2.53 bits per heavy atom. The maximum absolute atomic E-state index is 11.5. The quantitative estimate of drug-likeness (QED) is 0.507. The van der Waals surface area contributed by atoms with Crippen LogP contribution >= 0.6 is 0 Å². The lowest BCUT2D eigenvalue weighted by molar-refractivity contribution is -0.130. The molecule has 0 fully saturated rings. The fourth-order valence-corrected chi connectivity index (χ4v) is 2.41. The Labute approximate surface area is 113 Å². The number of sulfonamides is 1. The van der Waals surface area contributed by atoms with Crippen LogP contribution in [-0.4, -0.2) is 14.4 Å². The third-order valence-corrected chi connectivity index (χ3v) is 3.44. The van der Waals surface area contributed by atoms with Crippen molar-refractivity contribution in [3.63, 3.8) is 0 Å². The Hall–Kier alpha value is -1.66. The van der Waals surface area contributed by atoms with Gasteiger partial charge < -0.3 is 4.74 Å². The molecule has 0 unspecified atom stereocenters.